The van der Waals surface area contributed by atoms with E-state index in [0.717, 1.165) is 28.3 Å². The fourth-order valence-electron chi connectivity index (χ4n) is 3.07. The lowest BCUT2D eigenvalue weighted by molar-refractivity contribution is -0.123. The van der Waals surface area contributed by atoms with Gasteiger partial charge >= 0.3 is 0 Å². The quantitative estimate of drug-likeness (QED) is 0.313. The molecule has 0 atom stereocenters. The zero-order valence-corrected chi connectivity index (χ0v) is 19.9. The fourth-order valence-corrected chi connectivity index (χ4v) is 4.51. The van der Waals surface area contributed by atoms with Crippen LogP contribution in [0.2, 0.25) is 15.1 Å². The average Bonchev–Trinajstić information content (AvgIpc) is 3.03. The molecule has 1 aliphatic rings. The van der Waals surface area contributed by atoms with Crippen molar-refractivity contribution in [1.82, 2.24) is 4.90 Å². The smallest absolute Gasteiger partial charge is 0.293 e. The van der Waals surface area contributed by atoms with E-state index in [4.69, 9.17) is 39.5 Å². The molecule has 3 aromatic carbocycles. The van der Waals surface area contributed by atoms with Crippen LogP contribution in [0.25, 0.3) is 6.08 Å². The molecule has 2 amide bonds. The van der Waals surface area contributed by atoms with Crippen molar-refractivity contribution in [3.63, 3.8) is 0 Å². The Morgan fingerprint density at radius 1 is 0.939 bits per heavy atom. The van der Waals surface area contributed by atoms with E-state index in [0.29, 0.717) is 33.5 Å². The molecule has 0 spiro atoms. The van der Waals surface area contributed by atoms with Crippen LogP contribution in [-0.2, 0) is 17.9 Å². The molecule has 1 heterocycles. The van der Waals surface area contributed by atoms with Crippen molar-refractivity contribution in [2.75, 3.05) is 0 Å². The zero-order chi connectivity index (χ0) is 23.5. The van der Waals surface area contributed by atoms with Crippen LogP contribution in [0.3, 0.4) is 0 Å². The van der Waals surface area contributed by atoms with Gasteiger partial charge in [-0.3, -0.25) is 14.5 Å². The summed E-state index contributed by atoms with van der Waals surface area (Å²) in [5.41, 5.74) is 2.06. The molecule has 0 saturated carbocycles. The van der Waals surface area contributed by atoms with E-state index in [1.165, 1.54) is 12.1 Å². The van der Waals surface area contributed by atoms with E-state index in [1.807, 2.05) is 12.1 Å². The van der Waals surface area contributed by atoms with Gasteiger partial charge in [-0.2, -0.15) is 0 Å². The predicted molar refractivity (Wildman–Crippen MR) is 130 cm³/mol. The molecule has 1 saturated heterocycles. The Balaban J connectivity index is 1.45. The molecule has 0 radical (unpaired) electrons. The van der Waals surface area contributed by atoms with Crippen molar-refractivity contribution in [2.45, 2.75) is 13.2 Å². The van der Waals surface area contributed by atoms with Gasteiger partial charge in [0.05, 0.1) is 16.5 Å². The second-order valence-corrected chi connectivity index (χ2v) is 9.35. The number of rotatable bonds is 6. The lowest BCUT2D eigenvalue weighted by Crippen LogP contribution is -2.27. The average molecular weight is 523 g/mol. The van der Waals surface area contributed by atoms with Crippen LogP contribution in [0.15, 0.2) is 65.6 Å². The first kappa shape index (κ1) is 23.6. The molecule has 0 N–H and O–H groups in total. The lowest BCUT2D eigenvalue weighted by Gasteiger charge is -2.13. The van der Waals surface area contributed by atoms with Crippen LogP contribution in [0.4, 0.5) is 9.18 Å². The highest BCUT2D eigenvalue weighted by atomic mass is 35.5. The number of hydrogen-bond acceptors (Lipinski definition) is 4. The molecule has 4 nitrogen and oxygen atoms in total. The second-order valence-electron chi connectivity index (χ2n) is 7.11. The molecule has 3 aromatic rings. The van der Waals surface area contributed by atoms with Gasteiger partial charge in [-0.05, 0) is 70.9 Å². The Morgan fingerprint density at radius 3 is 2.39 bits per heavy atom. The summed E-state index contributed by atoms with van der Waals surface area (Å²) in [5.74, 6) is -0.456. The van der Waals surface area contributed by atoms with Gasteiger partial charge in [0.25, 0.3) is 11.1 Å². The second kappa shape index (κ2) is 10.2. The normalized spacial score (nSPS) is 14.9. The summed E-state index contributed by atoms with van der Waals surface area (Å²) in [5, 5.41) is 0.737. The summed E-state index contributed by atoms with van der Waals surface area (Å²) < 4.78 is 19.0. The largest absolute Gasteiger partial charge is 0.487 e. The zero-order valence-electron chi connectivity index (χ0n) is 16.9. The predicted octanol–water partition coefficient (Wildman–Crippen LogP) is 7.60. The summed E-state index contributed by atoms with van der Waals surface area (Å²) in [6.07, 6.45) is 1.59. The minimum absolute atomic E-state index is 0.0423. The molecular formula is C24H15Cl3FNO3S. The van der Waals surface area contributed by atoms with Crippen LogP contribution in [0.5, 0.6) is 5.75 Å². The van der Waals surface area contributed by atoms with Crippen molar-refractivity contribution in [2.24, 2.45) is 0 Å². The molecule has 4 rings (SSSR count). The number of thioether (sulfide) groups is 1. The summed E-state index contributed by atoms with van der Waals surface area (Å²) >= 11 is 19.1. The van der Waals surface area contributed by atoms with Gasteiger partial charge in [0.15, 0.2) is 0 Å². The first-order valence-electron chi connectivity index (χ1n) is 9.66. The number of hydrogen-bond donors (Lipinski definition) is 0. The number of carbonyl (C=O) groups excluding carboxylic acids is 2. The van der Waals surface area contributed by atoms with Gasteiger partial charge in [-0.25, -0.2) is 4.39 Å². The third-order valence-electron chi connectivity index (χ3n) is 4.78. The Labute approximate surface area is 208 Å². The van der Waals surface area contributed by atoms with E-state index >= 15 is 0 Å². The molecular weight excluding hydrogens is 508 g/mol. The molecule has 0 bridgehead atoms. The number of carbonyl (C=O) groups is 2. The SMILES string of the molecule is O=C1S/C(=C\c2ccc(OCc3ccc(Cl)cc3)c(Cl)c2)C(=O)N1Cc1ccc(F)cc1Cl. The number of amides is 2. The summed E-state index contributed by atoms with van der Waals surface area (Å²) in [4.78, 5) is 26.5. The number of benzene rings is 3. The molecule has 0 unspecified atom stereocenters. The highest BCUT2D eigenvalue weighted by molar-refractivity contribution is 8.18. The van der Waals surface area contributed by atoms with Crippen LogP contribution < -0.4 is 4.74 Å². The van der Waals surface area contributed by atoms with Crippen molar-refractivity contribution in [3.05, 3.63) is 103 Å². The van der Waals surface area contributed by atoms with Gasteiger partial charge in [-0.1, -0.05) is 59.1 Å². The van der Waals surface area contributed by atoms with Crippen molar-refractivity contribution in [1.29, 1.82) is 0 Å². The molecule has 33 heavy (non-hydrogen) atoms. The number of ether oxygens (including phenoxy) is 1. The van der Waals surface area contributed by atoms with Crippen LogP contribution in [-0.4, -0.2) is 16.0 Å². The number of nitrogens with zero attached hydrogens (tertiary/aromatic N) is 1. The number of halogens is 4. The first-order valence-corrected chi connectivity index (χ1v) is 11.6. The Kier molecular flexibility index (Phi) is 7.29. The first-order chi connectivity index (χ1) is 15.8. The minimum Gasteiger partial charge on any atom is -0.487 e. The van der Waals surface area contributed by atoms with Gasteiger partial charge in [-0.15, -0.1) is 0 Å². The highest BCUT2D eigenvalue weighted by Crippen LogP contribution is 2.35. The van der Waals surface area contributed by atoms with Gasteiger partial charge in [0, 0.05) is 10.0 Å². The van der Waals surface area contributed by atoms with Crippen LogP contribution in [0, 0.1) is 5.82 Å². The summed E-state index contributed by atoms with van der Waals surface area (Å²) in [6, 6.07) is 16.2. The molecule has 168 valence electrons. The van der Waals surface area contributed by atoms with Gasteiger partial charge < -0.3 is 4.74 Å². The lowest BCUT2D eigenvalue weighted by atomic mass is 10.2. The molecule has 0 aromatic heterocycles. The molecule has 1 aliphatic heterocycles. The maximum absolute atomic E-state index is 13.3. The maximum atomic E-state index is 13.3. The van der Waals surface area contributed by atoms with E-state index in [-0.39, 0.29) is 16.5 Å². The molecule has 1 fully saturated rings. The van der Waals surface area contributed by atoms with Gasteiger partial charge in [0.2, 0.25) is 0 Å². The van der Waals surface area contributed by atoms with Crippen LogP contribution in [0.1, 0.15) is 16.7 Å². The number of imide groups is 1. The fraction of sp³-hybridized carbons (Fsp3) is 0.0833. The minimum atomic E-state index is -0.491. The van der Waals surface area contributed by atoms with Crippen molar-refractivity contribution >= 4 is 63.8 Å². The van der Waals surface area contributed by atoms with Crippen molar-refractivity contribution in [3.8, 4) is 5.75 Å². The summed E-state index contributed by atoms with van der Waals surface area (Å²) in [7, 11) is 0. The maximum Gasteiger partial charge on any atom is 0.293 e. The molecule has 0 aliphatic carbocycles. The van der Waals surface area contributed by atoms with Crippen LogP contribution >= 0.6 is 46.6 Å². The highest BCUT2D eigenvalue weighted by Gasteiger charge is 2.35. The Bertz CT molecular complexity index is 1260. The summed E-state index contributed by atoms with van der Waals surface area (Å²) in [6.45, 7) is 0.278. The monoisotopic (exact) mass is 521 g/mol. The van der Waals surface area contributed by atoms with E-state index in [2.05, 4.69) is 0 Å². The van der Waals surface area contributed by atoms with Gasteiger partial charge in [0.1, 0.15) is 18.2 Å². The topological polar surface area (TPSA) is 46.6 Å². The van der Waals surface area contributed by atoms with E-state index < -0.39 is 17.0 Å². The van der Waals surface area contributed by atoms with E-state index in [1.54, 1.807) is 36.4 Å². The van der Waals surface area contributed by atoms with Crippen molar-refractivity contribution < 1.29 is 18.7 Å². The standard InChI is InChI=1S/C24H15Cl3FNO3S/c25-17-5-1-14(2-6-17)13-32-21-8-3-15(9-20(21)27)10-22-23(30)29(24(31)33-22)12-16-4-7-18(28)11-19(16)26/h1-11H,12-13H2/b22-10-. The third-order valence-corrected chi connectivity index (χ3v) is 6.59. The third kappa shape index (κ3) is 5.71. The van der Waals surface area contributed by atoms with E-state index in [9.17, 15) is 14.0 Å². The Hall–Kier alpha value is -2.51. The Morgan fingerprint density at radius 2 is 1.70 bits per heavy atom. The molecule has 9 heteroatoms.